The topological polar surface area (TPSA) is 98.5 Å². The number of carbonyl (C=O) groups excluding carboxylic acids is 3. The monoisotopic (exact) mass is 486 g/mol. The maximum Gasteiger partial charge on any atom is 0.360 e. The molecule has 0 aliphatic heterocycles. The number of esters is 1. The van der Waals surface area contributed by atoms with Gasteiger partial charge in [-0.25, -0.2) is 4.79 Å². The SMILES string of the molecule is COC(=O)c1cc(-c2ccc(NC(=O)c3ccc(/C=C/C(=O)c4ccc(Cl)cc4)cc3)cc2)on1. The molecule has 1 aromatic heterocycles. The maximum absolute atomic E-state index is 12.6. The normalized spacial score (nSPS) is 10.8. The van der Waals surface area contributed by atoms with E-state index in [1.54, 1.807) is 78.9 Å². The highest BCUT2D eigenvalue weighted by Gasteiger charge is 2.14. The number of ether oxygens (including phenoxy) is 1. The number of hydrogen-bond acceptors (Lipinski definition) is 6. The Balaban J connectivity index is 1.36. The van der Waals surface area contributed by atoms with Crippen molar-refractivity contribution < 1.29 is 23.6 Å². The van der Waals surface area contributed by atoms with E-state index >= 15 is 0 Å². The summed E-state index contributed by atoms with van der Waals surface area (Å²) >= 11 is 5.85. The summed E-state index contributed by atoms with van der Waals surface area (Å²) in [7, 11) is 1.27. The van der Waals surface area contributed by atoms with Crippen LogP contribution in [0, 0.1) is 0 Å². The lowest BCUT2D eigenvalue weighted by atomic mass is 10.1. The molecule has 0 aliphatic carbocycles. The first-order chi connectivity index (χ1) is 16.9. The molecule has 3 aromatic carbocycles. The summed E-state index contributed by atoms with van der Waals surface area (Å²) in [6.07, 6.45) is 3.16. The average molecular weight is 487 g/mol. The number of nitrogens with one attached hydrogen (secondary N) is 1. The summed E-state index contributed by atoms with van der Waals surface area (Å²) < 4.78 is 9.78. The fraction of sp³-hybridized carbons (Fsp3) is 0.0370. The summed E-state index contributed by atoms with van der Waals surface area (Å²) in [5.74, 6) is -0.600. The van der Waals surface area contributed by atoms with Gasteiger partial charge in [-0.1, -0.05) is 35.0 Å². The van der Waals surface area contributed by atoms with Crippen LogP contribution in [0.5, 0.6) is 0 Å². The van der Waals surface area contributed by atoms with Crippen LogP contribution in [0.4, 0.5) is 5.69 Å². The van der Waals surface area contributed by atoms with Crippen molar-refractivity contribution in [1.29, 1.82) is 0 Å². The van der Waals surface area contributed by atoms with Gasteiger partial charge in [-0.15, -0.1) is 0 Å². The van der Waals surface area contributed by atoms with Gasteiger partial charge in [-0.3, -0.25) is 9.59 Å². The van der Waals surface area contributed by atoms with E-state index in [-0.39, 0.29) is 17.4 Å². The minimum absolute atomic E-state index is 0.0764. The van der Waals surface area contributed by atoms with E-state index in [1.807, 2.05) is 0 Å². The van der Waals surface area contributed by atoms with Crippen LogP contribution < -0.4 is 5.32 Å². The van der Waals surface area contributed by atoms with Gasteiger partial charge in [-0.05, 0) is 72.3 Å². The number of benzene rings is 3. The Kier molecular flexibility index (Phi) is 7.18. The van der Waals surface area contributed by atoms with Gasteiger partial charge in [0, 0.05) is 33.5 Å². The Hall–Kier alpha value is -4.49. The quantitative estimate of drug-likeness (QED) is 0.197. The Bertz CT molecular complexity index is 1390. The molecule has 0 bridgehead atoms. The first-order valence-electron chi connectivity index (χ1n) is 10.5. The summed E-state index contributed by atoms with van der Waals surface area (Å²) in [4.78, 5) is 36.3. The van der Waals surface area contributed by atoms with Crippen LogP contribution in [0.1, 0.15) is 36.8 Å². The van der Waals surface area contributed by atoms with Gasteiger partial charge in [0.25, 0.3) is 5.91 Å². The standard InChI is InChI=1S/C27H19ClN2O5/c1-34-27(33)23-16-25(35-30-23)19-9-13-22(14-10-19)29-26(32)20-5-2-17(3-6-20)4-15-24(31)18-7-11-21(28)12-8-18/h2-16H,1H3,(H,29,32)/b15-4+. The molecule has 1 heterocycles. The van der Waals surface area contributed by atoms with E-state index in [9.17, 15) is 14.4 Å². The zero-order chi connectivity index (χ0) is 24.8. The molecule has 0 radical (unpaired) electrons. The highest BCUT2D eigenvalue weighted by atomic mass is 35.5. The van der Waals surface area contributed by atoms with Crippen molar-refractivity contribution in [2.24, 2.45) is 0 Å². The molecule has 0 unspecified atom stereocenters. The van der Waals surface area contributed by atoms with E-state index in [0.717, 1.165) is 5.56 Å². The number of anilines is 1. The number of hydrogen-bond donors (Lipinski definition) is 1. The Morgan fingerprint density at radius 1 is 0.914 bits per heavy atom. The molecule has 7 nitrogen and oxygen atoms in total. The molecule has 1 N–H and O–H groups in total. The first kappa shape index (κ1) is 23.7. The number of ketones is 1. The second-order valence-corrected chi connectivity index (χ2v) is 7.86. The second-order valence-electron chi connectivity index (χ2n) is 7.43. The van der Waals surface area contributed by atoms with Crippen molar-refractivity contribution in [2.45, 2.75) is 0 Å². The molecule has 0 saturated heterocycles. The maximum atomic E-state index is 12.6. The van der Waals surface area contributed by atoms with E-state index in [2.05, 4.69) is 15.2 Å². The zero-order valence-electron chi connectivity index (χ0n) is 18.5. The van der Waals surface area contributed by atoms with Crippen molar-refractivity contribution in [3.63, 3.8) is 0 Å². The highest BCUT2D eigenvalue weighted by Crippen LogP contribution is 2.23. The Morgan fingerprint density at radius 2 is 1.57 bits per heavy atom. The molecule has 0 fully saturated rings. The average Bonchev–Trinajstić information content (AvgIpc) is 3.38. The van der Waals surface area contributed by atoms with E-state index in [1.165, 1.54) is 19.3 Å². The fourth-order valence-electron chi connectivity index (χ4n) is 3.16. The number of amides is 1. The van der Waals surface area contributed by atoms with Crippen molar-refractivity contribution in [3.8, 4) is 11.3 Å². The molecule has 4 rings (SSSR count). The molecule has 0 atom stereocenters. The van der Waals surface area contributed by atoms with Crippen molar-refractivity contribution >= 4 is 41.0 Å². The number of halogens is 1. The van der Waals surface area contributed by atoms with Gasteiger partial charge in [0.2, 0.25) is 0 Å². The number of carbonyl (C=O) groups is 3. The molecule has 0 saturated carbocycles. The summed E-state index contributed by atoms with van der Waals surface area (Å²) in [5.41, 5.74) is 3.14. The summed E-state index contributed by atoms with van der Waals surface area (Å²) in [5, 5.41) is 7.07. The minimum Gasteiger partial charge on any atom is -0.464 e. The van der Waals surface area contributed by atoms with Crippen molar-refractivity contribution in [2.75, 3.05) is 12.4 Å². The van der Waals surface area contributed by atoms with Gasteiger partial charge >= 0.3 is 5.97 Å². The molecule has 8 heteroatoms. The van der Waals surface area contributed by atoms with Crippen LogP contribution in [0.2, 0.25) is 5.02 Å². The van der Waals surface area contributed by atoms with Crippen LogP contribution in [0.25, 0.3) is 17.4 Å². The lowest BCUT2D eigenvalue weighted by molar-refractivity contribution is 0.0589. The van der Waals surface area contributed by atoms with Crippen LogP contribution in [-0.2, 0) is 4.74 Å². The lowest BCUT2D eigenvalue weighted by Crippen LogP contribution is -2.11. The smallest absolute Gasteiger partial charge is 0.360 e. The molecule has 4 aromatic rings. The summed E-state index contributed by atoms with van der Waals surface area (Å²) in [6.45, 7) is 0. The second kappa shape index (κ2) is 10.6. The van der Waals surface area contributed by atoms with Crippen molar-refractivity contribution in [1.82, 2.24) is 5.16 Å². The predicted molar refractivity (Wildman–Crippen MR) is 132 cm³/mol. The Morgan fingerprint density at radius 3 is 2.23 bits per heavy atom. The molecular formula is C27H19ClN2O5. The molecular weight excluding hydrogens is 468 g/mol. The van der Waals surface area contributed by atoms with Crippen LogP contribution in [0.15, 0.2) is 89.5 Å². The van der Waals surface area contributed by atoms with E-state index in [0.29, 0.717) is 33.2 Å². The first-order valence-corrected chi connectivity index (χ1v) is 10.9. The van der Waals surface area contributed by atoms with Crippen LogP contribution >= 0.6 is 11.6 Å². The highest BCUT2D eigenvalue weighted by molar-refractivity contribution is 6.30. The van der Waals surface area contributed by atoms with Gasteiger partial charge in [0.1, 0.15) is 0 Å². The van der Waals surface area contributed by atoms with Gasteiger partial charge in [0.15, 0.2) is 17.2 Å². The molecule has 1 amide bonds. The van der Waals surface area contributed by atoms with Gasteiger partial charge in [0.05, 0.1) is 7.11 Å². The minimum atomic E-state index is -0.585. The summed E-state index contributed by atoms with van der Waals surface area (Å²) in [6, 6.07) is 21.9. The van der Waals surface area contributed by atoms with Crippen LogP contribution in [0.3, 0.4) is 0 Å². The number of methoxy groups -OCH3 is 1. The number of rotatable bonds is 7. The van der Waals surface area contributed by atoms with E-state index in [4.69, 9.17) is 16.1 Å². The molecule has 174 valence electrons. The van der Waals surface area contributed by atoms with Gasteiger partial charge < -0.3 is 14.6 Å². The third-order valence-electron chi connectivity index (χ3n) is 5.06. The number of aromatic nitrogens is 1. The molecule has 0 spiro atoms. The Labute approximate surface area is 206 Å². The third kappa shape index (κ3) is 5.90. The van der Waals surface area contributed by atoms with Gasteiger partial charge in [-0.2, -0.15) is 0 Å². The zero-order valence-corrected chi connectivity index (χ0v) is 19.3. The fourth-order valence-corrected chi connectivity index (χ4v) is 3.29. The largest absolute Gasteiger partial charge is 0.464 e. The third-order valence-corrected chi connectivity index (χ3v) is 5.31. The number of allylic oxidation sites excluding steroid dienone is 1. The lowest BCUT2D eigenvalue weighted by Gasteiger charge is -2.06. The van der Waals surface area contributed by atoms with Crippen molar-refractivity contribution in [3.05, 3.63) is 112 Å². The predicted octanol–water partition coefficient (Wildman–Crippen LogP) is 5.93. The van der Waals surface area contributed by atoms with Crippen LogP contribution in [-0.4, -0.2) is 29.9 Å². The van der Waals surface area contributed by atoms with E-state index < -0.39 is 5.97 Å². The molecule has 35 heavy (non-hydrogen) atoms. The number of nitrogens with zero attached hydrogens (tertiary/aromatic N) is 1. The molecule has 0 aliphatic rings.